The standard InChI is InChI=1S/C18H13N3O2/c22-17-10-14(18(23)19-17)15-11-21(16-9-5-4-8-13(15)16)20-12-6-2-1-3-7-12/h1-11,20H,(H,19,22,23). The number of rotatable bonds is 3. The highest BCUT2D eigenvalue weighted by atomic mass is 16.2. The molecule has 5 heteroatoms. The molecule has 4 rings (SSSR count). The van der Waals surface area contributed by atoms with Gasteiger partial charge in [0.05, 0.1) is 16.8 Å². The zero-order valence-electron chi connectivity index (χ0n) is 12.1. The molecule has 0 spiro atoms. The summed E-state index contributed by atoms with van der Waals surface area (Å²) in [6, 6.07) is 17.5. The predicted molar refractivity (Wildman–Crippen MR) is 88.5 cm³/mol. The summed E-state index contributed by atoms with van der Waals surface area (Å²) in [5.41, 5.74) is 6.27. The van der Waals surface area contributed by atoms with Crippen molar-refractivity contribution in [1.29, 1.82) is 0 Å². The second-order valence-electron chi connectivity index (χ2n) is 5.28. The Hall–Kier alpha value is -3.34. The number of aromatic nitrogens is 1. The molecule has 23 heavy (non-hydrogen) atoms. The van der Waals surface area contributed by atoms with Crippen molar-refractivity contribution in [2.24, 2.45) is 0 Å². The number of nitrogens with zero attached hydrogens (tertiary/aromatic N) is 1. The Morgan fingerprint density at radius 3 is 2.39 bits per heavy atom. The van der Waals surface area contributed by atoms with Crippen LogP contribution in [0.15, 0.2) is 66.9 Å². The number of para-hydroxylation sites is 2. The Labute approximate surface area is 132 Å². The predicted octanol–water partition coefficient (Wildman–Crippen LogP) is 2.56. The first kappa shape index (κ1) is 13.3. The van der Waals surface area contributed by atoms with Gasteiger partial charge in [0.15, 0.2) is 0 Å². The maximum atomic E-state index is 12.0. The summed E-state index contributed by atoms with van der Waals surface area (Å²) in [5.74, 6) is -0.740. The number of amides is 2. The van der Waals surface area contributed by atoms with Gasteiger partial charge in [0, 0.05) is 23.2 Å². The summed E-state index contributed by atoms with van der Waals surface area (Å²) >= 11 is 0. The van der Waals surface area contributed by atoms with Crippen molar-refractivity contribution in [3.63, 3.8) is 0 Å². The fourth-order valence-electron chi connectivity index (χ4n) is 2.75. The van der Waals surface area contributed by atoms with Gasteiger partial charge in [-0.3, -0.25) is 25.0 Å². The smallest absolute Gasteiger partial charge is 0.258 e. The SMILES string of the molecule is O=C1C=C(c2cn(Nc3ccccc3)c3ccccc23)C(=O)N1. The van der Waals surface area contributed by atoms with Crippen molar-refractivity contribution in [1.82, 2.24) is 9.99 Å². The van der Waals surface area contributed by atoms with Crippen molar-refractivity contribution in [3.05, 3.63) is 72.4 Å². The topological polar surface area (TPSA) is 63.1 Å². The molecule has 5 nitrogen and oxygen atoms in total. The van der Waals surface area contributed by atoms with Gasteiger partial charge in [-0.2, -0.15) is 0 Å². The number of carbonyl (C=O) groups is 2. The third-order valence-electron chi connectivity index (χ3n) is 3.78. The lowest BCUT2D eigenvalue weighted by molar-refractivity contribution is -0.123. The zero-order valence-corrected chi connectivity index (χ0v) is 12.1. The molecular weight excluding hydrogens is 290 g/mol. The monoisotopic (exact) mass is 303 g/mol. The Morgan fingerprint density at radius 1 is 0.913 bits per heavy atom. The van der Waals surface area contributed by atoms with Gasteiger partial charge < -0.3 is 0 Å². The Bertz CT molecular complexity index is 955. The minimum atomic E-state index is -0.377. The molecule has 0 saturated carbocycles. The molecule has 0 unspecified atom stereocenters. The van der Waals surface area contributed by atoms with E-state index in [4.69, 9.17) is 0 Å². The van der Waals surface area contributed by atoms with Crippen LogP contribution in [0.5, 0.6) is 0 Å². The molecule has 2 heterocycles. The molecule has 2 N–H and O–H groups in total. The molecule has 2 amide bonds. The highest BCUT2D eigenvalue weighted by Crippen LogP contribution is 2.29. The Kier molecular flexibility index (Phi) is 2.98. The highest BCUT2D eigenvalue weighted by molar-refractivity contribution is 6.35. The van der Waals surface area contributed by atoms with Crippen LogP contribution >= 0.6 is 0 Å². The van der Waals surface area contributed by atoms with Gasteiger partial charge >= 0.3 is 0 Å². The molecule has 0 bridgehead atoms. The molecule has 1 aliphatic rings. The normalized spacial score (nSPS) is 14.0. The molecular formula is C18H13N3O2. The first-order valence-electron chi connectivity index (χ1n) is 7.22. The van der Waals surface area contributed by atoms with Gasteiger partial charge in [-0.05, 0) is 18.2 Å². The van der Waals surface area contributed by atoms with E-state index < -0.39 is 0 Å². The average molecular weight is 303 g/mol. The van der Waals surface area contributed by atoms with Crippen LogP contribution in [0, 0.1) is 0 Å². The lowest BCUT2D eigenvalue weighted by atomic mass is 10.1. The summed E-state index contributed by atoms with van der Waals surface area (Å²) in [5, 5.41) is 3.20. The fraction of sp³-hybridized carbons (Fsp3) is 0. The number of benzene rings is 2. The molecule has 0 saturated heterocycles. The van der Waals surface area contributed by atoms with Crippen molar-refractivity contribution in [3.8, 4) is 0 Å². The third kappa shape index (κ3) is 2.28. The maximum Gasteiger partial charge on any atom is 0.258 e. The Morgan fingerprint density at radius 2 is 1.65 bits per heavy atom. The van der Waals surface area contributed by atoms with Crippen LogP contribution in [0.25, 0.3) is 16.5 Å². The van der Waals surface area contributed by atoms with Crippen molar-refractivity contribution in [2.75, 3.05) is 5.43 Å². The van der Waals surface area contributed by atoms with E-state index in [1.54, 1.807) is 0 Å². The van der Waals surface area contributed by atoms with Crippen molar-refractivity contribution < 1.29 is 9.59 Å². The maximum absolute atomic E-state index is 12.0. The van der Waals surface area contributed by atoms with E-state index in [1.807, 2.05) is 65.5 Å². The summed E-state index contributed by atoms with van der Waals surface area (Å²) < 4.78 is 1.86. The van der Waals surface area contributed by atoms with E-state index in [1.165, 1.54) is 6.08 Å². The quantitative estimate of drug-likeness (QED) is 0.731. The number of nitrogens with one attached hydrogen (secondary N) is 2. The molecule has 112 valence electrons. The number of anilines is 1. The van der Waals surface area contributed by atoms with Gasteiger partial charge in [0.1, 0.15) is 0 Å². The first-order chi connectivity index (χ1) is 11.2. The lowest BCUT2D eigenvalue weighted by Crippen LogP contribution is -2.21. The van der Waals surface area contributed by atoms with E-state index in [0.29, 0.717) is 5.57 Å². The zero-order chi connectivity index (χ0) is 15.8. The number of imide groups is 1. The third-order valence-corrected chi connectivity index (χ3v) is 3.78. The fourth-order valence-corrected chi connectivity index (χ4v) is 2.75. The molecule has 0 fully saturated rings. The molecule has 0 aliphatic carbocycles. The first-order valence-corrected chi connectivity index (χ1v) is 7.22. The summed E-state index contributed by atoms with van der Waals surface area (Å²) in [6.45, 7) is 0. The van der Waals surface area contributed by atoms with Gasteiger partial charge in [-0.25, -0.2) is 0 Å². The summed E-state index contributed by atoms with van der Waals surface area (Å²) in [7, 11) is 0. The van der Waals surface area contributed by atoms with Crippen LogP contribution < -0.4 is 10.7 Å². The van der Waals surface area contributed by atoms with Crippen LogP contribution in [0.2, 0.25) is 0 Å². The minimum absolute atomic E-state index is 0.363. The van der Waals surface area contributed by atoms with E-state index in [0.717, 1.165) is 22.2 Å². The van der Waals surface area contributed by atoms with E-state index in [-0.39, 0.29) is 11.8 Å². The van der Waals surface area contributed by atoms with Crippen LogP contribution in [-0.2, 0) is 9.59 Å². The van der Waals surface area contributed by atoms with E-state index in [9.17, 15) is 9.59 Å². The van der Waals surface area contributed by atoms with Crippen LogP contribution in [0.4, 0.5) is 5.69 Å². The Balaban J connectivity index is 1.86. The number of hydrogen-bond acceptors (Lipinski definition) is 3. The second-order valence-corrected chi connectivity index (χ2v) is 5.28. The minimum Gasteiger partial charge on any atom is -0.294 e. The molecule has 1 aliphatic heterocycles. The average Bonchev–Trinajstić information content (AvgIpc) is 3.08. The van der Waals surface area contributed by atoms with Crippen LogP contribution in [-0.4, -0.2) is 16.5 Å². The van der Waals surface area contributed by atoms with Crippen LogP contribution in [0.1, 0.15) is 5.56 Å². The van der Waals surface area contributed by atoms with Gasteiger partial charge in [0.2, 0.25) is 0 Å². The number of hydrogen-bond donors (Lipinski definition) is 2. The van der Waals surface area contributed by atoms with E-state index >= 15 is 0 Å². The van der Waals surface area contributed by atoms with Gasteiger partial charge in [-0.15, -0.1) is 0 Å². The summed E-state index contributed by atoms with van der Waals surface area (Å²) in [6.07, 6.45) is 3.18. The molecule has 0 radical (unpaired) electrons. The van der Waals surface area contributed by atoms with E-state index in [2.05, 4.69) is 10.7 Å². The molecule has 0 atom stereocenters. The molecule has 3 aromatic rings. The second kappa shape index (κ2) is 5.14. The summed E-state index contributed by atoms with van der Waals surface area (Å²) in [4.78, 5) is 23.4. The number of carbonyl (C=O) groups excluding carboxylic acids is 2. The van der Waals surface area contributed by atoms with Crippen molar-refractivity contribution >= 4 is 34.0 Å². The van der Waals surface area contributed by atoms with Gasteiger partial charge in [0.25, 0.3) is 11.8 Å². The van der Waals surface area contributed by atoms with Gasteiger partial charge in [-0.1, -0.05) is 36.4 Å². The highest BCUT2D eigenvalue weighted by Gasteiger charge is 2.25. The molecule has 1 aromatic heterocycles. The van der Waals surface area contributed by atoms with Crippen LogP contribution in [0.3, 0.4) is 0 Å². The molecule has 2 aromatic carbocycles. The number of fused-ring (bicyclic) bond motifs is 1. The lowest BCUT2D eigenvalue weighted by Gasteiger charge is -2.08. The largest absolute Gasteiger partial charge is 0.294 e. The van der Waals surface area contributed by atoms with Crippen molar-refractivity contribution in [2.45, 2.75) is 0 Å².